The van der Waals surface area contributed by atoms with Gasteiger partial charge in [0.25, 0.3) is 5.91 Å². The molecule has 0 radical (unpaired) electrons. The van der Waals surface area contributed by atoms with Gasteiger partial charge in [-0.1, -0.05) is 30.3 Å². The summed E-state index contributed by atoms with van der Waals surface area (Å²) < 4.78 is 20.5. The van der Waals surface area contributed by atoms with Crippen molar-refractivity contribution >= 4 is 11.9 Å². The topological polar surface area (TPSA) is 73.2 Å². The van der Waals surface area contributed by atoms with Crippen molar-refractivity contribution in [1.29, 1.82) is 0 Å². The molecule has 1 N–H and O–H groups in total. The molecule has 1 aromatic heterocycles. The van der Waals surface area contributed by atoms with E-state index >= 15 is 0 Å². The third-order valence-corrected chi connectivity index (χ3v) is 4.79. The Balaban J connectivity index is 1.60. The maximum atomic E-state index is 13.3. The molecule has 0 saturated carbocycles. The molecule has 4 rings (SSSR count). The fourth-order valence-electron chi connectivity index (χ4n) is 3.32. The summed E-state index contributed by atoms with van der Waals surface area (Å²) in [5.41, 5.74) is 1.92. The third-order valence-electron chi connectivity index (χ3n) is 4.79. The molecule has 0 unspecified atom stereocenters. The lowest BCUT2D eigenvalue weighted by molar-refractivity contribution is -0.130. The van der Waals surface area contributed by atoms with Gasteiger partial charge in [-0.05, 0) is 29.3 Å². The fraction of sp³-hybridized carbons (Fsp3) is 0.190. The van der Waals surface area contributed by atoms with Gasteiger partial charge in [-0.3, -0.25) is 4.79 Å². The molecule has 2 aromatic carbocycles. The lowest BCUT2D eigenvalue weighted by Crippen LogP contribution is -2.43. The first-order valence-corrected chi connectivity index (χ1v) is 8.85. The molecule has 1 aliphatic heterocycles. The predicted octanol–water partition coefficient (Wildman–Crippen LogP) is 2.55. The molecular formula is C21H18FN3O3. The number of aryl methyl sites for hydroxylation is 1. The maximum Gasteiger partial charge on any atom is 0.339 e. The van der Waals surface area contributed by atoms with E-state index in [1.807, 2.05) is 19.2 Å². The first-order valence-electron chi connectivity index (χ1n) is 8.85. The zero-order chi connectivity index (χ0) is 19.7. The number of hydrogen-bond donors (Lipinski definition) is 1. The smallest absolute Gasteiger partial charge is 0.339 e. The standard InChI is InChI=1S/C21H18FN3O3/c1-25-11-10-23-19(25)18(13-6-8-15(22)9-7-13)24-20(26)17-12-14-4-2-3-5-16(14)21(27)28-17/h2-11,17-18H,12H2,1H3,(H,24,26)/t17-,18-/m1/s1. The Morgan fingerprint density at radius 1 is 1.25 bits per heavy atom. The number of nitrogens with zero attached hydrogens (tertiary/aromatic N) is 2. The molecule has 1 aliphatic rings. The number of esters is 1. The number of ether oxygens (including phenoxy) is 1. The lowest BCUT2D eigenvalue weighted by Gasteiger charge is -2.26. The van der Waals surface area contributed by atoms with Gasteiger partial charge in [0.05, 0.1) is 5.56 Å². The van der Waals surface area contributed by atoms with Gasteiger partial charge >= 0.3 is 5.97 Å². The van der Waals surface area contributed by atoms with Gasteiger partial charge in [-0.2, -0.15) is 0 Å². The van der Waals surface area contributed by atoms with Crippen LogP contribution in [0, 0.1) is 5.82 Å². The number of benzene rings is 2. The van der Waals surface area contributed by atoms with Crippen molar-refractivity contribution in [1.82, 2.24) is 14.9 Å². The Morgan fingerprint density at radius 3 is 2.71 bits per heavy atom. The van der Waals surface area contributed by atoms with Crippen LogP contribution in [-0.4, -0.2) is 27.5 Å². The first-order chi connectivity index (χ1) is 13.5. The Labute approximate surface area is 161 Å². The minimum absolute atomic E-state index is 0.296. The summed E-state index contributed by atoms with van der Waals surface area (Å²) in [7, 11) is 1.81. The highest BCUT2D eigenvalue weighted by Crippen LogP contribution is 2.24. The molecule has 28 heavy (non-hydrogen) atoms. The molecule has 0 aliphatic carbocycles. The number of halogens is 1. The lowest BCUT2D eigenvalue weighted by atomic mass is 9.97. The number of hydrogen-bond acceptors (Lipinski definition) is 4. The SMILES string of the molecule is Cn1ccnc1[C@H](NC(=O)[C@H]1Cc2ccccc2C(=O)O1)c1ccc(F)cc1. The van der Waals surface area contributed by atoms with Crippen LogP contribution < -0.4 is 5.32 Å². The molecule has 7 heteroatoms. The van der Waals surface area contributed by atoms with Crippen LogP contribution in [-0.2, 0) is 23.0 Å². The quantitative estimate of drug-likeness (QED) is 0.707. The first kappa shape index (κ1) is 17.9. The Bertz CT molecular complexity index is 1030. The number of aromatic nitrogens is 2. The highest BCUT2D eigenvalue weighted by molar-refractivity contribution is 5.95. The van der Waals surface area contributed by atoms with E-state index in [2.05, 4.69) is 10.3 Å². The second-order valence-corrected chi connectivity index (χ2v) is 6.64. The van der Waals surface area contributed by atoms with Crippen molar-refractivity contribution in [3.05, 3.63) is 89.3 Å². The largest absolute Gasteiger partial charge is 0.448 e. The van der Waals surface area contributed by atoms with Crippen molar-refractivity contribution < 1.29 is 18.7 Å². The van der Waals surface area contributed by atoms with Gasteiger partial charge in [0.1, 0.15) is 17.7 Å². The van der Waals surface area contributed by atoms with E-state index in [1.165, 1.54) is 12.1 Å². The molecule has 3 aromatic rings. The van der Waals surface area contributed by atoms with Gasteiger partial charge < -0.3 is 14.6 Å². The minimum atomic E-state index is -0.939. The molecule has 0 fully saturated rings. The van der Waals surface area contributed by atoms with E-state index in [4.69, 9.17) is 4.74 Å². The van der Waals surface area contributed by atoms with Crippen molar-refractivity contribution in [2.45, 2.75) is 18.6 Å². The van der Waals surface area contributed by atoms with E-state index in [-0.39, 0.29) is 5.82 Å². The monoisotopic (exact) mass is 379 g/mol. The maximum absolute atomic E-state index is 13.3. The minimum Gasteiger partial charge on any atom is -0.448 e. The van der Waals surface area contributed by atoms with Crippen molar-refractivity contribution in [3.63, 3.8) is 0 Å². The molecule has 0 saturated heterocycles. The predicted molar refractivity (Wildman–Crippen MR) is 98.9 cm³/mol. The summed E-state index contributed by atoms with van der Waals surface area (Å²) in [6, 6.07) is 12.3. The van der Waals surface area contributed by atoms with Gasteiger partial charge in [0.2, 0.25) is 0 Å². The Kier molecular flexibility index (Phi) is 4.65. The van der Waals surface area contributed by atoms with E-state index in [0.717, 1.165) is 5.56 Å². The molecular weight excluding hydrogens is 361 g/mol. The van der Waals surface area contributed by atoms with Crippen molar-refractivity contribution in [2.75, 3.05) is 0 Å². The number of amides is 1. The Hall–Kier alpha value is -3.48. The summed E-state index contributed by atoms with van der Waals surface area (Å²) >= 11 is 0. The van der Waals surface area contributed by atoms with Gasteiger partial charge in [-0.15, -0.1) is 0 Å². The normalized spacial score (nSPS) is 16.8. The van der Waals surface area contributed by atoms with Crippen LogP contribution in [0.3, 0.4) is 0 Å². The number of rotatable bonds is 4. The zero-order valence-corrected chi connectivity index (χ0v) is 15.1. The second kappa shape index (κ2) is 7.26. The average molecular weight is 379 g/mol. The van der Waals surface area contributed by atoms with Crippen LogP contribution in [0.25, 0.3) is 0 Å². The highest BCUT2D eigenvalue weighted by atomic mass is 19.1. The molecule has 2 atom stereocenters. The molecule has 0 spiro atoms. The molecule has 1 amide bonds. The third kappa shape index (κ3) is 3.38. The number of carbonyl (C=O) groups excluding carboxylic acids is 2. The zero-order valence-electron chi connectivity index (χ0n) is 15.1. The van der Waals surface area contributed by atoms with Gasteiger partial charge in [-0.25, -0.2) is 14.2 Å². The number of fused-ring (bicyclic) bond motifs is 1. The van der Waals surface area contributed by atoms with E-state index in [1.54, 1.807) is 41.2 Å². The van der Waals surface area contributed by atoms with E-state index in [0.29, 0.717) is 23.4 Å². The van der Waals surface area contributed by atoms with Gasteiger partial charge in [0, 0.05) is 25.9 Å². The number of cyclic esters (lactones) is 1. The van der Waals surface area contributed by atoms with Crippen molar-refractivity contribution in [2.24, 2.45) is 7.05 Å². The van der Waals surface area contributed by atoms with Crippen LogP contribution in [0.15, 0.2) is 60.9 Å². The molecule has 0 bridgehead atoms. The summed E-state index contributed by atoms with van der Waals surface area (Å²) in [5.74, 6) is -0.730. The number of imidazole rings is 1. The van der Waals surface area contributed by atoms with Crippen molar-refractivity contribution in [3.8, 4) is 0 Å². The van der Waals surface area contributed by atoms with E-state index < -0.39 is 24.0 Å². The van der Waals surface area contributed by atoms with Gasteiger partial charge in [0.15, 0.2) is 6.10 Å². The summed E-state index contributed by atoms with van der Waals surface area (Å²) in [6.45, 7) is 0. The highest BCUT2D eigenvalue weighted by Gasteiger charge is 2.33. The number of carbonyl (C=O) groups is 2. The molecule has 2 heterocycles. The summed E-state index contributed by atoms with van der Waals surface area (Å²) in [5, 5.41) is 2.90. The summed E-state index contributed by atoms with van der Waals surface area (Å²) in [4.78, 5) is 29.4. The van der Waals surface area contributed by atoms with Crippen LogP contribution in [0.4, 0.5) is 4.39 Å². The van der Waals surface area contributed by atoms with Crippen LogP contribution in [0.2, 0.25) is 0 Å². The number of nitrogens with one attached hydrogen (secondary N) is 1. The van der Waals surface area contributed by atoms with Crippen LogP contribution in [0.1, 0.15) is 33.4 Å². The van der Waals surface area contributed by atoms with E-state index in [9.17, 15) is 14.0 Å². The summed E-state index contributed by atoms with van der Waals surface area (Å²) in [6.07, 6.45) is 2.74. The second-order valence-electron chi connectivity index (χ2n) is 6.64. The average Bonchev–Trinajstić information content (AvgIpc) is 3.12. The molecule has 6 nitrogen and oxygen atoms in total. The van der Waals surface area contributed by atoms with Crippen LogP contribution in [0.5, 0.6) is 0 Å². The van der Waals surface area contributed by atoms with Crippen LogP contribution >= 0.6 is 0 Å². The molecule has 142 valence electrons. The fourth-order valence-corrected chi connectivity index (χ4v) is 3.32. The Morgan fingerprint density at radius 2 is 2.00 bits per heavy atom.